The summed E-state index contributed by atoms with van der Waals surface area (Å²) in [5.41, 5.74) is 1.30. The molecule has 2 aromatic rings. The van der Waals surface area contributed by atoms with E-state index >= 15 is 0 Å². The topological polar surface area (TPSA) is 88.1 Å². The van der Waals surface area contributed by atoms with Gasteiger partial charge in [-0.05, 0) is 17.7 Å². The summed E-state index contributed by atoms with van der Waals surface area (Å²) in [6.07, 6.45) is 7.80. The molecule has 3 rings (SSSR count). The van der Waals surface area contributed by atoms with Gasteiger partial charge >= 0.3 is 0 Å². The maximum absolute atomic E-state index is 12.1. The summed E-state index contributed by atoms with van der Waals surface area (Å²) >= 11 is 0. The number of aromatic nitrogens is 3. The van der Waals surface area contributed by atoms with Gasteiger partial charge in [0, 0.05) is 44.4 Å². The third kappa shape index (κ3) is 3.08. The third-order valence-corrected chi connectivity index (χ3v) is 3.54. The summed E-state index contributed by atoms with van der Waals surface area (Å²) in [7, 11) is 0. The van der Waals surface area contributed by atoms with Crippen LogP contribution in [0.25, 0.3) is 0 Å². The van der Waals surface area contributed by atoms with E-state index in [1.54, 1.807) is 17.3 Å². The molecule has 0 aromatic carbocycles. The molecule has 0 atom stereocenters. The zero-order chi connectivity index (χ0) is 15.4. The second-order valence-electron chi connectivity index (χ2n) is 5.07. The molecule has 0 bridgehead atoms. The highest BCUT2D eigenvalue weighted by molar-refractivity contribution is 5.94. The van der Waals surface area contributed by atoms with Crippen molar-refractivity contribution in [3.05, 3.63) is 54.4 Å². The van der Waals surface area contributed by atoms with Crippen LogP contribution in [-0.4, -0.2) is 44.8 Å². The van der Waals surface area contributed by atoms with Crippen LogP contribution in [0.5, 0.6) is 0 Å². The van der Waals surface area contributed by atoms with E-state index in [4.69, 9.17) is 0 Å². The van der Waals surface area contributed by atoms with Crippen molar-refractivity contribution < 1.29 is 9.59 Å². The molecule has 7 nitrogen and oxygen atoms in total. The van der Waals surface area contributed by atoms with Crippen molar-refractivity contribution >= 4 is 11.8 Å². The van der Waals surface area contributed by atoms with Crippen LogP contribution in [-0.2, 0) is 11.3 Å². The quantitative estimate of drug-likeness (QED) is 0.874. The van der Waals surface area contributed by atoms with Gasteiger partial charge in [-0.25, -0.2) is 4.98 Å². The molecule has 1 N–H and O–H groups in total. The second-order valence-corrected chi connectivity index (χ2v) is 5.07. The third-order valence-electron chi connectivity index (χ3n) is 3.54. The number of hydrogen-bond acceptors (Lipinski definition) is 5. The van der Waals surface area contributed by atoms with E-state index in [9.17, 15) is 9.59 Å². The molecule has 2 aromatic heterocycles. The second kappa shape index (κ2) is 6.30. The van der Waals surface area contributed by atoms with E-state index in [2.05, 4.69) is 20.3 Å². The van der Waals surface area contributed by atoms with Crippen LogP contribution in [0.15, 0.2) is 43.1 Å². The number of carbonyl (C=O) groups is 2. The minimum absolute atomic E-state index is 0.0417. The molecular formula is C15H15N5O2. The monoisotopic (exact) mass is 297 g/mol. The first kappa shape index (κ1) is 14.1. The first-order valence-corrected chi connectivity index (χ1v) is 6.96. The van der Waals surface area contributed by atoms with Crippen molar-refractivity contribution in [2.24, 2.45) is 5.92 Å². The van der Waals surface area contributed by atoms with Gasteiger partial charge in [0.1, 0.15) is 5.69 Å². The lowest BCUT2D eigenvalue weighted by Crippen LogP contribution is -2.55. The maximum atomic E-state index is 12.1. The molecule has 3 heterocycles. The van der Waals surface area contributed by atoms with Crippen LogP contribution in [0.1, 0.15) is 16.1 Å². The van der Waals surface area contributed by atoms with Crippen molar-refractivity contribution in [2.45, 2.75) is 6.54 Å². The molecule has 0 radical (unpaired) electrons. The highest BCUT2D eigenvalue weighted by Gasteiger charge is 2.36. The Hall–Kier alpha value is -2.83. The number of amides is 2. The van der Waals surface area contributed by atoms with Gasteiger partial charge in [0.05, 0.1) is 12.1 Å². The van der Waals surface area contributed by atoms with Gasteiger partial charge in [0.25, 0.3) is 5.91 Å². The number of carbonyl (C=O) groups excluding carboxylic acids is 2. The zero-order valence-electron chi connectivity index (χ0n) is 11.8. The van der Waals surface area contributed by atoms with Crippen molar-refractivity contribution in [3.8, 4) is 0 Å². The Labute approximate surface area is 127 Å². The molecule has 1 aliphatic rings. The van der Waals surface area contributed by atoms with E-state index in [1.165, 1.54) is 18.6 Å². The number of hydrogen-bond donors (Lipinski definition) is 1. The summed E-state index contributed by atoms with van der Waals surface area (Å²) in [4.78, 5) is 37.4. The summed E-state index contributed by atoms with van der Waals surface area (Å²) in [6, 6.07) is 3.70. The predicted octanol–water partition coefficient (Wildman–Crippen LogP) is 0.260. The number of likely N-dealkylation sites (tertiary alicyclic amines) is 1. The molecule has 22 heavy (non-hydrogen) atoms. The highest BCUT2D eigenvalue weighted by Crippen LogP contribution is 2.18. The average Bonchev–Trinajstić information content (AvgIpc) is 2.53. The molecule has 1 aliphatic heterocycles. The standard InChI is InChI=1S/C15H15N5O2/c21-14(19-7-11-1-3-16-4-2-11)12-9-20(10-12)15(22)13-8-17-5-6-18-13/h1-6,8,12H,7,9-10H2,(H,19,21). The summed E-state index contributed by atoms with van der Waals surface area (Å²) in [5, 5.41) is 2.87. The van der Waals surface area contributed by atoms with Gasteiger partial charge in [-0.15, -0.1) is 0 Å². The van der Waals surface area contributed by atoms with E-state index in [1.807, 2.05) is 12.1 Å². The van der Waals surface area contributed by atoms with E-state index < -0.39 is 0 Å². The van der Waals surface area contributed by atoms with Crippen LogP contribution in [0.4, 0.5) is 0 Å². The number of nitrogens with zero attached hydrogens (tertiary/aromatic N) is 4. The van der Waals surface area contributed by atoms with Crippen LogP contribution in [0, 0.1) is 5.92 Å². The Balaban J connectivity index is 1.47. The Morgan fingerprint density at radius 1 is 1.14 bits per heavy atom. The van der Waals surface area contributed by atoms with Crippen molar-refractivity contribution in [1.29, 1.82) is 0 Å². The van der Waals surface area contributed by atoms with Gasteiger partial charge in [-0.3, -0.25) is 19.6 Å². The Bertz CT molecular complexity index is 656. The molecule has 7 heteroatoms. The summed E-state index contributed by atoms with van der Waals surface area (Å²) in [6.45, 7) is 1.30. The molecular weight excluding hydrogens is 282 g/mol. The lowest BCUT2D eigenvalue weighted by Gasteiger charge is -2.37. The van der Waals surface area contributed by atoms with E-state index in [0.29, 0.717) is 25.3 Å². The Morgan fingerprint density at radius 3 is 2.59 bits per heavy atom. The largest absolute Gasteiger partial charge is 0.352 e. The molecule has 2 amide bonds. The fourth-order valence-corrected chi connectivity index (χ4v) is 2.22. The summed E-state index contributed by atoms with van der Waals surface area (Å²) in [5.74, 6) is -0.395. The fraction of sp³-hybridized carbons (Fsp3) is 0.267. The Kier molecular flexibility index (Phi) is 4.04. The van der Waals surface area contributed by atoms with Crippen LogP contribution in [0.3, 0.4) is 0 Å². The molecule has 0 aliphatic carbocycles. The maximum Gasteiger partial charge on any atom is 0.274 e. The van der Waals surface area contributed by atoms with Crippen molar-refractivity contribution in [2.75, 3.05) is 13.1 Å². The minimum Gasteiger partial charge on any atom is -0.352 e. The number of rotatable bonds is 4. The smallest absolute Gasteiger partial charge is 0.274 e. The molecule has 1 saturated heterocycles. The summed E-state index contributed by atoms with van der Waals surface area (Å²) < 4.78 is 0. The van der Waals surface area contributed by atoms with Gasteiger partial charge in [-0.2, -0.15) is 0 Å². The molecule has 1 fully saturated rings. The fourth-order valence-electron chi connectivity index (χ4n) is 2.22. The SMILES string of the molecule is O=C(NCc1ccncc1)C1CN(C(=O)c2cnccn2)C1. The normalized spacial score (nSPS) is 14.3. The minimum atomic E-state index is -0.189. The van der Waals surface area contributed by atoms with Crippen LogP contribution in [0.2, 0.25) is 0 Å². The Morgan fingerprint density at radius 2 is 1.91 bits per heavy atom. The van der Waals surface area contributed by atoms with Crippen LogP contribution >= 0.6 is 0 Å². The average molecular weight is 297 g/mol. The number of pyridine rings is 1. The van der Waals surface area contributed by atoms with Crippen molar-refractivity contribution in [1.82, 2.24) is 25.2 Å². The van der Waals surface area contributed by atoms with Gasteiger partial charge in [-0.1, -0.05) is 0 Å². The molecule has 0 unspecified atom stereocenters. The first-order valence-electron chi connectivity index (χ1n) is 6.96. The lowest BCUT2D eigenvalue weighted by atomic mass is 9.98. The molecule has 0 spiro atoms. The molecule has 0 saturated carbocycles. The number of nitrogens with one attached hydrogen (secondary N) is 1. The molecule has 112 valence electrons. The van der Waals surface area contributed by atoms with Gasteiger partial charge in [0.15, 0.2) is 0 Å². The highest BCUT2D eigenvalue weighted by atomic mass is 16.2. The van der Waals surface area contributed by atoms with Crippen LogP contribution < -0.4 is 5.32 Å². The van der Waals surface area contributed by atoms with E-state index in [0.717, 1.165) is 5.56 Å². The zero-order valence-corrected chi connectivity index (χ0v) is 11.8. The first-order chi connectivity index (χ1) is 10.7. The van der Waals surface area contributed by atoms with E-state index in [-0.39, 0.29) is 17.7 Å². The van der Waals surface area contributed by atoms with Gasteiger partial charge < -0.3 is 10.2 Å². The lowest BCUT2D eigenvalue weighted by molar-refractivity contribution is -0.129. The predicted molar refractivity (Wildman–Crippen MR) is 77.5 cm³/mol. The van der Waals surface area contributed by atoms with Gasteiger partial charge in [0.2, 0.25) is 5.91 Å². The van der Waals surface area contributed by atoms with Crippen molar-refractivity contribution in [3.63, 3.8) is 0 Å².